The van der Waals surface area contributed by atoms with Gasteiger partial charge >= 0.3 is 0 Å². The quantitative estimate of drug-likeness (QED) is 0.707. The van der Waals surface area contributed by atoms with Gasteiger partial charge in [-0.05, 0) is 55.5 Å². The predicted molar refractivity (Wildman–Crippen MR) is 101 cm³/mol. The van der Waals surface area contributed by atoms with E-state index >= 15 is 0 Å². The molecule has 3 rings (SSSR count). The minimum atomic E-state index is 0.326. The lowest BCUT2D eigenvalue weighted by Crippen LogP contribution is -2.46. The monoisotopic (exact) mass is 347 g/mol. The van der Waals surface area contributed by atoms with Crippen molar-refractivity contribution < 1.29 is 14.2 Å². The number of methoxy groups -OCH3 is 2. The van der Waals surface area contributed by atoms with E-state index in [9.17, 15) is 0 Å². The number of unbranched alkanes of at least 4 members (excludes halogenated alkanes) is 3. The van der Waals surface area contributed by atoms with Crippen molar-refractivity contribution in [2.45, 2.75) is 76.5 Å². The minimum Gasteiger partial charge on any atom is -0.493 e. The maximum atomic E-state index is 6.22. The molecule has 0 saturated heterocycles. The molecule has 1 aromatic carbocycles. The maximum absolute atomic E-state index is 6.22. The lowest BCUT2D eigenvalue weighted by molar-refractivity contribution is -0.0219. The van der Waals surface area contributed by atoms with Crippen LogP contribution in [0.2, 0.25) is 0 Å². The van der Waals surface area contributed by atoms with Crippen molar-refractivity contribution in [1.82, 2.24) is 5.32 Å². The van der Waals surface area contributed by atoms with Crippen LogP contribution in [0.3, 0.4) is 0 Å². The molecule has 3 atom stereocenters. The number of ether oxygens (including phenoxy) is 3. The van der Waals surface area contributed by atoms with Gasteiger partial charge in [-0.25, -0.2) is 0 Å². The largest absolute Gasteiger partial charge is 0.493 e. The molecule has 0 amide bonds. The fourth-order valence-corrected chi connectivity index (χ4v) is 4.40. The molecule has 1 heterocycles. The molecule has 1 N–H and O–H groups in total. The molecule has 1 aliphatic heterocycles. The average Bonchev–Trinajstić information content (AvgIpc) is 2.66. The average molecular weight is 347 g/mol. The summed E-state index contributed by atoms with van der Waals surface area (Å²) in [5, 5.41) is 3.83. The highest BCUT2D eigenvalue weighted by molar-refractivity contribution is 5.50. The van der Waals surface area contributed by atoms with Crippen LogP contribution in [-0.4, -0.2) is 32.9 Å². The molecule has 1 saturated carbocycles. The van der Waals surface area contributed by atoms with Gasteiger partial charge in [-0.2, -0.15) is 0 Å². The van der Waals surface area contributed by atoms with E-state index in [1.165, 1.54) is 49.7 Å². The first kappa shape index (κ1) is 18.5. The van der Waals surface area contributed by atoms with E-state index in [2.05, 4.69) is 24.4 Å². The summed E-state index contributed by atoms with van der Waals surface area (Å²) < 4.78 is 17.2. The van der Waals surface area contributed by atoms with Gasteiger partial charge in [-0.1, -0.05) is 26.2 Å². The fraction of sp³-hybridized carbons (Fsp3) is 0.714. The van der Waals surface area contributed by atoms with E-state index in [1.54, 1.807) is 14.2 Å². The van der Waals surface area contributed by atoms with Crippen LogP contribution in [0, 0.1) is 0 Å². The van der Waals surface area contributed by atoms with Crippen LogP contribution >= 0.6 is 0 Å². The molecule has 25 heavy (non-hydrogen) atoms. The molecular weight excluding hydrogens is 314 g/mol. The summed E-state index contributed by atoms with van der Waals surface area (Å²) in [5.41, 5.74) is 2.64. The second-order valence-electron chi connectivity index (χ2n) is 7.33. The first-order valence-electron chi connectivity index (χ1n) is 9.88. The van der Waals surface area contributed by atoms with Crippen LogP contribution in [0.5, 0.6) is 11.5 Å². The second kappa shape index (κ2) is 8.91. The Labute approximate surface area is 152 Å². The maximum Gasteiger partial charge on any atom is 0.161 e. The highest BCUT2D eigenvalue weighted by Crippen LogP contribution is 2.44. The molecule has 1 aliphatic carbocycles. The third-order valence-corrected chi connectivity index (χ3v) is 5.73. The van der Waals surface area contributed by atoms with Gasteiger partial charge in [0, 0.05) is 12.0 Å². The highest BCUT2D eigenvalue weighted by Gasteiger charge is 2.39. The summed E-state index contributed by atoms with van der Waals surface area (Å²) >= 11 is 0. The fourth-order valence-electron chi connectivity index (χ4n) is 4.40. The van der Waals surface area contributed by atoms with Crippen LogP contribution in [0.15, 0.2) is 12.1 Å². The summed E-state index contributed by atoms with van der Waals surface area (Å²) in [6.07, 6.45) is 9.17. The van der Waals surface area contributed by atoms with E-state index in [1.807, 2.05) is 0 Å². The third-order valence-electron chi connectivity index (χ3n) is 5.73. The normalized spacial score (nSPS) is 25.2. The topological polar surface area (TPSA) is 39.7 Å². The van der Waals surface area contributed by atoms with Crippen molar-refractivity contribution in [1.29, 1.82) is 0 Å². The molecule has 140 valence electrons. The van der Waals surface area contributed by atoms with E-state index < -0.39 is 0 Å². The minimum absolute atomic E-state index is 0.326. The van der Waals surface area contributed by atoms with Gasteiger partial charge in [0.25, 0.3) is 0 Å². The Bertz CT molecular complexity index is 560. The van der Waals surface area contributed by atoms with Gasteiger partial charge < -0.3 is 19.5 Å². The zero-order valence-corrected chi connectivity index (χ0v) is 16.0. The standard InChI is InChI=1S/C21H33NO3/c1-4-5-6-7-11-22-17-9-8-10-18-21(17)16-13-20(24-3)19(23-2)12-15(16)14-25-18/h12-13,17-18,21-22H,4-11,14H2,1-3H3/t17-,18-,21+/m1/s1. The van der Waals surface area contributed by atoms with Gasteiger partial charge in [0.05, 0.1) is 26.9 Å². The molecular formula is C21H33NO3. The van der Waals surface area contributed by atoms with Crippen molar-refractivity contribution in [3.05, 3.63) is 23.3 Å². The molecule has 0 spiro atoms. The molecule has 4 nitrogen and oxygen atoms in total. The lowest BCUT2D eigenvalue weighted by atomic mass is 9.74. The molecule has 1 aromatic rings. The molecule has 1 fully saturated rings. The van der Waals surface area contributed by atoms with Crippen molar-refractivity contribution >= 4 is 0 Å². The Morgan fingerprint density at radius 1 is 1.08 bits per heavy atom. The van der Waals surface area contributed by atoms with E-state index in [0.29, 0.717) is 24.7 Å². The van der Waals surface area contributed by atoms with Crippen molar-refractivity contribution in [3.8, 4) is 11.5 Å². The summed E-state index contributed by atoms with van der Waals surface area (Å²) in [6, 6.07) is 4.78. The number of benzene rings is 1. The van der Waals surface area contributed by atoms with Gasteiger partial charge in [-0.15, -0.1) is 0 Å². The Kier molecular flexibility index (Phi) is 6.60. The van der Waals surface area contributed by atoms with Crippen molar-refractivity contribution in [2.75, 3.05) is 20.8 Å². The van der Waals surface area contributed by atoms with Crippen LogP contribution in [0.25, 0.3) is 0 Å². The van der Waals surface area contributed by atoms with Gasteiger partial charge in [-0.3, -0.25) is 0 Å². The van der Waals surface area contributed by atoms with Crippen molar-refractivity contribution in [2.24, 2.45) is 0 Å². The number of hydrogen-bond donors (Lipinski definition) is 1. The number of nitrogens with one attached hydrogen (secondary N) is 1. The van der Waals surface area contributed by atoms with Gasteiger partial charge in [0.15, 0.2) is 11.5 Å². The first-order valence-corrected chi connectivity index (χ1v) is 9.88. The van der Waals surface area contributed by atoms with Crippen LogP contribution < -0.4 is 14.8 Å². The molecule has 0 aromatic heterocycles. The SMILES string of the molecule is CCCCCCN[C@@H]1CCC[C@H]2OCc3cc(OC)c(OC)cc3[C@@H]12. The van der Waals surface area contributed by atoms with E-state index in [0.717, 1.165) is 24.5 Å². The van der Waals surface area contributed by atoms with Crippen LogP contribution in [-0.2, 0) is 11.3 Å². The predicted octanol–water partition coefficient (Wildman–Crippen LogP) is 4.41. The van der Waals surface area contributed by atoms with E-state index in [-0.39, 0.29) is 0 Å². The Hall–Kier alpha value is -1.26. The first-order chi connectivity index (χ1) is 12.3. The Morgan fingerprint density at radius 3 is 2.64 bits per heavy atom. The number of hydrogen-bond acceptors (Lipinski definition) is 4. The van der Waals surface area contributed by atoms with E-state index in [4.69, 9.17) is 14.2 Å². The Balaban J connectivity index is 1.77. The third kappa shape index (κ3) is 4.12. The molecule has 0 radical (unpaired) electrons. The highest BCUT2D eigenvalue weighted by atomic mass is 16.5. The van der Waals surface area contributed by atoms with Crippen molar-refractivity contribution in [3.63, 3.8) is 0 Å². The molecule has 2 aliphatic rings. The zero-order valence-electron chi connectivity index (χ0n) is 16.0. The molecule has 4 heteroatoms. The number of rotatable bonds is 8. The Morgan fingerprint density at radius 2 is 1.88 bits per heavy atom. The lowest BCUT2D eigenvalue weighted by Gasteiger charge is -2.43. The smallest absolute Gasteiger partial charge is 0.161 e. The number of fused-ring (bicyclic) bond motifs is 3. The van der Waals surface area contributed by atoms with Crippen LogP contribution in [0.1, 0.15) is 68.9 Å². The van der Waals surface area contributed by atoms with Gasteiger partial charge in [0.2, 0.25) is 0 Å². The summed E-state index contributed by atoms with van der Waals surface area (Å²) in [5.74, 6) is 2.04. The summed E-state index contributed by atoms with van der Waals surface area (Å²) in [6.45, 7) is 4.05. The molecule has 0 bridgehead atoms. The van der Waals surface area contributed by atoms with Crippen LogP contribution in [0.4, 0.5) is 0 Å². The second-order valence-corrected chi connectivity index (χ2v) is 7.33. The zero-order chi connectivity index (χ0) is 17.6. The molecule has 0 unspecified atom stereocenters. The summed E-state index contributed by atoms with van der Waals surface area (Å²) in [7, 11) is 3.41. The van der Waals surface area contributed by atoms with Gasteiger partial charge in [0.1, 0.15) is 0 Å². The summed E-state index contributed by atoms with van der Waals surface area (Å²) in [4.78, 5) is 0.